The smallest absolute Gasteiger partial charge is 0.311 e. The molecule has 0 aromatic rings. The van der Waals surface area contributed by atoms with Crippen molar-refractivity contribution >= 4 is 5.97 Å². The van der Waals surface area contributed by atoms with Gasteiger partial charge in [0.05, 0.1) is 12.5 Å². The van der Waals surface area contributed by atoms with Crippen LogP contribution in [0.3, 0.4) is 0 Å². The van der Waals surface area contributed by atoms with Crippen molar-refractivity contribution in [2.45, 2.75) is 71.1 Å². The Bertz CT molecular complexity index is 651. The van der Waals surface area contributed by atoms with E-state index >= 15 is 0 Å². The van der Waals surface area contributed by atoms with E-state index in [1.807, 2.05) is 0 Å². The van der Waals surface area contributed by atoms with Gasteiger partial charge in [-0.15, -0.1) is 0 Å². The van der Waals surface area contributed by atoms with Gasteiger partial charge in [0.25, 0.3) is 0 Å². The Labute approximate surface area is 176 Å². The Kier molecular flexibility index (Phi) is 5.50. The lowest BCUT2D eigenvalue weighted by atomic mass is 9.59. The van der Waals surface area contributed by atoms with Gasteiger partial charge < -0.3 is 10.1 Å². The summed E-state index contributed by atoms with van der Waals surface area (Å²) in [5, 5.41) is 2.54. The maximum atomic E-state index is 12.8. The Morgan fingerprint density at radius 1 is 1.17 bits per heavy atom. The minimum atomic E-state index is 0.0407. The second-order valence-electron chi connectivity index (χ2n) is 10.8. The van der Waals surface area contributed by atoms with E-state index in [-0.39, 0.29) is 23.4 Å². The van der Waals surface area contributed by atoms with E-state index in [9.17, 15) is 4.79 Å². The Hall–Kier alpha value is -0.910. The molecule has 5 rings (SSSR count). The number of esters is 1. The molecule has 6 atom stereocenters. The summed E-state index contributed by atoms with van der Waals surface area (Å²) in [6.45, 7) is 11.4. The predicted molar refractivity (Wildman–Crippen MR) is 113 cm³/mol. The van der Waals surface area contributed by atoms with Crippen LogP contribution in [0.4, 0.5) is 0 Å². The molecule has 3 saturated heterocycles. The molecule has 2 aliphatic carbocycles. The lowest BCUT2D eigenvalue weighted by Gasteiger charge is -2.46. The van der Waals surface area contributed by atoms with Crippen molar-refractivity contribution in [2.24, 2.45) is 23.2 Å². The molecule has 0 amide bonds. The second kappa shape index (κ2) is 7.97. The molecule has 29 heavy (non-hydrogen) atoms. The van der Waals surface area contributed by atoms with Gasteiger partial charge in [-0.2, -0.15) is 0 Å². The first kappa shape index (κ1) is 20.0. The van der Waals surface area contributed by atoms with Gasteiger partial charge in [-0.25, -0.2) is 0 Å². The number of quaternary nitrogens is 1. The van der Waals surface area contributed by atoms with E-state index in [1.165, 1.54) is 45.1 Å². The van der Waals surface area contributed by atoms with Crippen LogP contribution in [0.5, 0.6) is 0 Å². The highest BCUT2D eigenvalue weighted by atomic mass is 16.6. The molecule has 0 aromatic carbocycles. The highest BCUT2D eigenvalue weighted by Gasteiger charge is 2.52. The van der Waals surface area contributed by atoms with Gasteiger partial charge in [0.1, 0.15) is 12.3 Å². The second-order valence-corrected chi connectivity index (χ2v) is 10.8. The summed E-state index contributed by atoms with van der Waals surface area (Å²) in [6.07, 6.45) is 12.3. The third kappa shape index (κ3) is 3.79. The van der Waals surface area contributed by atoms with Gasteiger partial charge in [-0.3, -0.25) is 14.6 Å². The van der Waals surface area contributed by atoms with Crippen LogP contribution in [-0.4, -0.2) is 67.3 Å². The first-order valence-corrected chi connectivity index (χ1v) is 12.3. The number of carbonyl (C=O) groups is 1. The SMILES string of the molecule is CC1CCCC2(C)CC3OC(=O)C(CN4CCN(C5CCCC[NH2+]5)CC4)C3C=C12. The quantitative estimate of drug-likeness (QED) is 0.579. The number of piperidine rings is 1. The topological polar surface area (TPSA) is 49.4 Å². The average molecular weight is 403 g/mol. The zero-order valence-electron chi connectivity index (χ0n) is 18.4. The largest absolute Gasteiger partial charge is 0.461 e. The molecular weight excluding hydrogens is 362 g/mol. The summed E-state index contributed by atoms with van der Waals surface area (Å²) in [6, 6.07) is 0. The number of hydrogen-bond donors (Lipinski definition) is 1. The lowest BCUT2D eigenvalue weighted by Crippen LogP contribution is -2.95. The molecular formula is C24H40N3O2+. The zero-order valence-corrected chi connectivity index (χ0v) is 18.4. The number of hydrogen-bond acceptors (Lipinski definition) is 4. The van der Waals surface area contributed by atoms with Crippen LogP contribution in [0.2, 0.25) is 0 Å². The number of rotatable bonds is 3. The molecule has 0 radical (unpaired) electrons. The van der Waals surface area contributed by atoms with Crippen LogP contribution in [-0.2, 0) is 9.53 Å². The summed E-state index contributed by atoms with van der Waals surface area (Å²) in [5.74, 6) is 1.07. The van der Waals surface area contributed by atoms with Crippen LogP contribution in [0.1, 0.15) is 58.8 Å². The minimum Gasteiger partial charge on any atom is -0.461 e. The number of fused-ring (bicyclic) bond motifs is 2. The molecule has 4 fully saturated rings. The van der Waals surface area contributed by atoms with Crippen molar-refractivity contribution < 1.29 is 14.8 Å². The standard InChI is InChI=1S/C24H39N3O2/c1-17-6-5-8-24(2)15-21-18(14-20(17)24)19(23(28)29-21)16-26-10-12-27(13-11-26)22-7-3-4-9-25-22/h14,17-19,21-22,25H,3-13,15-16H2,1-2H3/p+1. The molecule has 1 saturated carbocycles. The number of nitrogens with zero attached hydrogens (tertiary/aromatic N) is 2. The first-order valence-electron chi connectivity index (χ1n) is 12.3. The molecule has 162 valence electrons. The Morgan fingerprint density at radius 2 is 2.00 bits per heavy atom. The zero-order chi connectivity index (χ0) is 20.0. The molecule has 0 aromatic heterocycles. The number of nitrogens with two attached hydrogens (primary N) is 1. The van der Waals surface area contributed by atoms with Crippen molar-refractivity contribution in [2.75, 3.05) is 39.3 Å². The molecule has 3 heterocycles. The van der Waals surface area contributed by atoms with E-state index in [4.69, 9.17) is 4.74 Å². The minimum absolute atomic E-state index is 0.0407. The van der Waals surface area contributed by atoms with Crippen molar-refractivity contribution in [3.05, 3.63) is 11.6 Å². The maximum Gasteiger partial charge on any atom is 0.311 e. The van der Waals surface area contributed by atoms with E-state index in [2.05, 4.69) is 35.0 Å². The van der Waals surface area contributed by atoms with Gasteiger partial charge >= 0.3 is 5.97 Å². The predicted octanol–water partition coefficient (Wildman–Crippen LogP) is 1.99. The van der Waals surface area contributed by atoms with Crippen molar-refractivity contribution in [3.63, 3.8) is 0 Å². The van der Waals surface area contributed by atoms with Crippen LogP contribution < -0.4 is 5.32 Å². The van der Waals surface area contributed by atoms with E-state index < -0.39 is 0 Å². The third-order valence-electron chi connectivity index (χ3n) is 8.80. The van der Waals surface area contributed by atoms with Crippen LogP contribution in [0.15, 0.2) is 11.6 Å². The highest BCUT2D eigenvalue weighted by molar-refractivity contribution is 5.76. The Balaban J connectivity index is 1.23. The van der Waals surface area contributed by atoms with Crippen LogP contribution in [0.25, 0.3) is 0 Å². The van der Waals surface area contributed by atoms with E-state index in [1.54, 1.807) is 5.57 Å². The fraction of sp³-hybridized carbons (Fsp3) is 0.875. The Morgan fingerprint density at radius 3 is 2.76 bits per heavy atom. The van der Waals surface area contributed by atoms with E-state index in [0.29, 0.717) is 18.0 Å². The molecule has 2 N–H and O–H groups in total. The number of piperazine rings is 1. The average Bonchev–Trinajstić information content (AvgIpc) is 3.01. The molecule has 3 aliphatic heterocycles. The van der Waals surface area contributed by atoms with Crippen LogP contribution in [0, 0.1) is 23.2 Å². The summed E-state index contributed by atoms with van der Waals surface area (Å²) in [7, 11) is 0. The van der Waals surface area contributed by atoms with Crippen molar-refractivity contribution in [1.82, 2.24) is 9.80 Å². The van der Waals surface area contributed by atoms with Gasteiger partial charge in [0, 0.05) is 45.1 Å². The monoisotopic (exact) mass is 402 g/mol. The normalized spacial score (nSPS) is 44.0. The molecule has 5 heteroatoms. The number of ether oxygens (including phenoxy) is 1. The van der Waals surface area contributed by atoms with Gasteiger partial charge in [0.15, 0.2) is 0 Å². The van der Waals surface area contributed by atoms with Crippen LogP contribution >= 0.6 is 0 Å². The summed E-state index contributed by atoms with van der Waals surface area (Å²) >= 11 is 0. The van der Waals surface area contributed by atoms with E-state index in [0.717, 1.165) is 39.1 Å². The first-order chi connectivity index (χ1) is 14.0. The molecule has 5 nitrogen and oxygen atoms in total. The van der Waals surface area contributed by atoms with Gasteiger partial charge in [-0.05, 0) is 43.4 Å². The summed E-state index contributed by atoms with van der Waals surface area (Å²) in [4.78, 5) is 18.0. The summed E-state index contributed by atoms with van der Waals surface area (Å²) < 4.78 is 5.96. The number of allylic oxidation sites excluding steroid dienone is 1. The molecule has 5 aliphatic rings. The van der Waals surface area contributed by atoms with Crippen molar-refractivity contribution in [1.29, 1.82) is 0 Å². The van der Waals surface area contributed by atoms with Gasteiger partial charge in [-0.1, -0.05) is 31.9 Å². The third-order valence-corrected chi connectivity index (χ3v) is 8.80. The highest BCUT2D eigenvalue weighted by Crippen LogP contribution is 2.54. The molecule has 6 unspecified atom stereocenters. The number of carbonyl (C=O) groups excluding carboxylic acids is 1. The molecule has 0 spiro atoms. The maximum absolute atomic E-state index is 12.8. The lowest BCUT2D eigenvalue weighted by molar-refractivity contribution is -0.717. The van der Waals surface area contributed by atoms with Crippen molar-refractivity contribution in [3.8, 4) is 0 Å². The summed E-state index contributed by atoms with van der Waals surface area (Å²) in [5.41, 5.74) is 1.89. The van der Waals surface area contributed by atoms with Gasteiger partial charge in [0.2, 0.25) is 0 Å². The fourth-order valence-corrected chi connectivity index (χ4v) is 7.07. The molecule has 0 bridgehead atoms. The fourth-order valence-electron chi connectivity index (χ4n) is 7.07.